The molecule has 0 unspecified atom stereocenters. The zero-order valence-corrected chi connectivity index (χ0v) is 6.34. The molecule has 0 saturated carbocycles. The van der Waals surface area contributed by atoms with Crippen molar-refractivity contribution in [3.05, 3.63) is 19.1 Å². The number of hydrogen-bond donors (Lipinski definition) is 0. The molecule has 48 valence electrons. The molecule has 1 heterocycles. The van der Waals surface area contributed by atoms with Crippen LogP contribution in [0.1, 0.15) is 16.6 Å². The van der Waals surface area contributed by atoms with Crippen LogP contribution in [0.3, 0.4) is 0 Å². The quantitative estimate of drug-likeness (QED) is 0.581. The van der Waals surface area contributed by atoms with E-state index in [1.807, 2.05) is 0 Å². The molecule has 1 aromatic rings. The normalized spacial score (nSPS) is 9.44. The Balaban J connectivity index is 3.12. The second-order valence-corrected chi connectivity index (χ2v) is 3.62. The molecule has 0 spiro atoms. The highest BCUT2D eigenvalue weighted by Crippen LogP contribution is 2.06. The largest absolute Gasteiger partial charge is 0.294 e. The van der Waals surface area contributed by atoms with Gasteiger partial charge in [0.15, 0.2) is 5.78 Å². The van der Waals surface area contributed by atoms with Gasteiger partial charge in [0.2, 0.25) is 0 Å². The number of ketones is 1. The third-order valence-corrected chi connectivity index (χ3v) is 2.83. The molecule has 0 aliphatic rings. The van der Waals surface area contributed by atoms with E-state index in [1.54, 1.807) is 5.38 Å². The summed E-state index contributed by atoms with van der Waals surface area (Å²) in [5, 5.41) is 1.59. The molecule has 0 atom stereocenters. The molecule has 0 N–H and O–H groups in total. The molecule has 0 saturated heterocycles. The van der Waals surface area contributed by atoms with Crippen LogP contribution in [-0.2, 0) is 0 Å². The number of carbonyl (C=O) groups excluding carboxylic acids is 1. The molecular weight excluding hydrogens is 156 g/mol. The minimum atomic E-state index is -0.0293. The standard InChI is InChI=1S/C5H4O2S2/c1-3(6)4-2-8-5(7)9-4/h2H,1H3. The van der Waals surface area contributed by atoms with E-state index in [-0.39, 0.29) is 9.84 Å². The lowest BCUT2D eigenvalue weighted by Gasteiger charge is -1.77. The average molecular weight is 160 g/mol. The van der Waals surface area contributed by atoms with Gasteiger partial charge in [-0.2, -0.15) is 0 Å². The number of carbonyl (C=O) groups is 1. The molecular formula is C5H4O2S2. The lowest BCUT2D eigenvalue weighted by molar-refractivity contribution is 0.102. The van der Waals surface area contributed by atoms with Crippen molar-refractivity contribution in [2.75, 3.05) is 0 Å². The molecule has 0 bridgehead atoms. The van der Waals surface area contributed by atoms with Crippen molar-refractivity contribution in [1.29, 1.82) is 0 Å². The Labute approximate surface area is 59.8 Å². The number of Topliss-reactive ketones (excluding diaryl/α,β-unsaturated/α-hetero) is 1. The highest BCUT2D eigenvalue weighted by Gasteiger charge is 2.00. The lowest BCUT2D eigenvalue weighted by Crippen LogP contribution is -1.85. The molecule has 0 fully saturated rings. The van der Waals surface area contributed by atoms with E-state index in [2.05, 4.69) is 0 Å². The van der Waals surface area contributed by atoms with E-state index >= 15 is 0 Å². The van der Waals surface area contributed by atoms with Gasteiger partial charge in [-0.3, -0.25) is 9.59 Å². The molecule has 0 amide bonds. The van der Waals surface area contributed by atoms with Gasteiger partial charge in [-0.1, -0.05) is 22.7 Å². The summed E-state index contributed by atoms with van der Waals surface area (Å²) in [6, 6.07) is 0. The van der Waals surface area contributed by atoms with Crippen LogP contribution in [0.4, 0.5) is 0 Å². The van der Waals surface area contributed by atoms with Gasteiger partial charge in [-0.15, -0.1) is 0 Å². The van der Waals surface area contributed by atoms with Gasteiger partial charge in [0.25, 0.3) is 4.06 Å². The van der Waals surface area contributed by atoms with E-state index in [1.165, 1.54) is 6.92 Å². The van der Waals surface area contributed by atoms with Crippen LogP contribution in [0.25, 0.3) is 0 Å². The average Bonchev–Trinajstić information content (AvgIpc) is 2.14. The maximum absolute atomic E-state index is 10.5. The van der Waals surface area contributed by atoms with Crippen molar-refractivity contribution in [1.82, 2.24) is 0 Å². The van der Waals surface area contributed by atoms with Crippen molar-refractivity contribution < 1.29 is 4.79 Å². The van der Waals surface area contributed by atoms with Gasteiger partial charge in [-0.25, -0.2) is 0 Å². The van der Waals surface area contributed by atoms with Crippen molar-refractivity contribution >= 4 is 28.5 Å². The Morgan fingerprint density at radius 1 is 1.67 bits per heavy atom. The summed E-state index contributed by atoms with van der Waals surface area (Å²) in [5.74, 6) is -0.0293. The molecule has 4 heteroatoms. The van der Waals surface area contributed by atoms with Crippen molar-refractivity contribution in [3.8, 4) is 0 Å². The molecule has 2 nitrogen and oxygen atoms in total. The predicted octanol–water partition coefficient (Wildman–Crippen LogP) is 1.37. The molecule has 1 aromatic heterocycles. The Morgan fingerprint density at radius 2 is 2.33 bits per heavy atom. The monoisotopic (exact) mass is 160 g/mol. The second kappa shape index (κ2) is 2.41. The van der Waals surface area contributed by atoms with Crippen LogP contribution < -0.4 is 4.06 Å². The summed E-state index contributed by atoms with van der Waals surface area (Å²) in [6.07, 6.45) is 0. The van der Waals surface area contributed by atoms with Crippen molar-refractivity contribution in [2.24, 2.45) is 0 Å². The van der Waals surface area contributed by atoms with Gasteiger partial charge in [0.1, 0.15) is 0 Å². The zero-order chi connectivity index (χ0) is 6.85. The Kier molecular flexibility index (Phi) is 1.78. The molecule has 0 aromatic carbocycles. The topological polar surface area (TPSA) is 34.1 Å². The first-order valence-electron chi connectivity index (χ1n) is 2.29. The first kappa shape index (κ1) is 6.64. The summed E-state index contributed by atoms with van der Waals surface area (Å²) >= 11 is 2.08. The molecule has 0 aliphatic heterocycles. The maximum atomic E-state index is 10.5. The third kappa shape index (κ3) is 1.46. The molecule has 0 radical (unpaired) electrons. The first-order valence-corrected chi connectivity index (χ1v) is 3.99. The third-order valence-electron chi connectivity index (χ3n) is 0.802. The fourth-order valence-corrected chi connectivity index (χ4v) is 2.03. The van der Waals surface area contributed by atoms with Crippen LogP contribution in [0.15, 0.2) is 10.2 Å². The molecule has 1 rings (SSSR count). The molecule has 0 aliphatic carbocycles. The smallest absolute Gasteiger partial charge is 0.288 e. The summed E-state index contributed by atoms with van der Waals surface area (Å²) in [7, 11) is 0. The first-order chi connectivity index (χ1) is 4.20. The fraction of sp³-hybridized carbons (Fsp3) is 0.200. The van der Waals surface area contributed by atoms with Gasteiger partial charge in [-0.05, 0) is 6.92 Å². The Bertz CT molecular complexity index is 270. The molecule has 9 heavy (non-hydrogen) atoms. The van der Waals surface area contributed by atoms with Crippen molar-refractivity contribution in [2.45, 2.75) is 6.92 Å². The van der Waals surface area contributed by atoms with Crippen LogP contribution in [0.2, 0.25) is 0 Å². The van der Waals surface area contributed by atoms with E-state index in [0.29, 0.717) is 4.88 Å². The highest BCUT2D eigenvalue weighted by atomic mass is 32.2. The highest BCUT2D eigenvalue weighted by molar-refractivity contribution is 7.27. The van der Waals surface area contributed by atoms with E-state index in [9.17, 15) is 9.59 Å². The van der Waals surface area contributed by atoms with E-state index < -0.39 is 0 Å². The maximum Gasteiger partial charge on any atom is 0.288 e. The Hall–Kier alpha value is -0.480. The SMILES string of the molecule is CC(=O)c1csc(=O)s1. The summed E-state index contributed by atoms with van der Waals surface area (Å²) < 4.78 is -0.0137. The zero-order valence-electron chi connectivity index (χ0n) is 4.71. The van der Waals surface area contributed by atoms with Crippen LogP contribution in [-0.4, -0.2) is 5.78 Å². The van der Waals surface area contributed by atoms with Gasteiger partial charge < -0.3 is 0 Å². The van der Waals surface area contributed by atoms with Crippen molar-refractivity contribution in [3.63, 3.8) is 0 Å². The van der Waals surface area contributed by atoms with E-state index in [0.717, 1.165) is 22.7 Å². The minimum Gasteiger partial charge on any atom is -0.294 e. The summed E-state index contributed by atoms with van der Waals surface area (Å²) in [4.78, 5) is 21.6. The number of hydrogen-bond acceptors (Lipinski definition) is 4. The minimum absolute atomic E-state index is 0.0137. The van der Waals surface area contributed by atoms with Crippen LogP contribution in [0, 0.1) is 0 Å². The predicted molar refractivity (Wildman–Crippen MR) is 38.5 cm³/mol. The summed E-state index contributed by atoms with van der Waals surface area (Å²) in [5.41, 5.74) is 0. The van der Waals surface area contributed by atoms with E-state index in [4.69, 9.17) is 0 Å². The lowest BCUT2D eigenvalue weighted by atomic mass is 10.4. The Morgan fingerprint density at radius 3 is 2.56 bits per heavy atom. The number of rotatable bonds is 1. The van der Waals surface area contributed by atoms with Crippen LogP contribution >= 0.6 is 22.7 Å². The van der Waals surface area contributed by atoms with Gasteiger partial charge in [0.05, 0.1) is 4.88 Å². The van der Waals surface area contributed by atoms with Gasteiger partial charge >= 0.3 is 0 Å². The van der Waals surface area contributed by atoms with Gasteiger partial charge in [0, 0.05) is 5.38 Å². The second-order valence-electron chi connectivity index (χ2n) is 1.51. The fourth-order valence-electron chi connectivity index (χ4n) is 0.394. The van der Waals surface area contributed by atoms with Crippen LogP contribution in [0.5, 0.6) is 0 Å². The summed E-state index contributed by atoms with van der Waals surface area (Å²) in [6.45, 7) is 1.46.